The molecular formula is C21H23NO5. The summed E-state index contributed by atoms with van der Waals surface area (Å²) in [4.78, 5) is 27.4. The Morgan fingerprint density at radius 3 is 2.11 bits per heavy atom. The molecule has 0 aromatic heterocycles. The van der Waals surface area contributed by atoms with Crippen molar-refractivity contribution in [1.29, 1.82) is 0 Å². The number of fused-ring (bicyclic) bond motifs is 1. The maximum atomic E-state index is 12.9. The quantitative estimate of drug-likeness (QED) is 0.599. The number of methoxy groups -OCH3 is 3. The highest BCUT2D eigenvalue weighted by molar-refractivity contribution is 6.42. The van der Waals surface area contributed by atoms with E-state index in [1.807, 2.05) is 25.1 Å². The second-order valence-electron chi connectivity index (χ2n) is 6.50. The number of amides is 1. The summed E-state index contributed by atoms with van der Waals surface area (Å²) in [5.41, 5.74) is 2.50. The fourth-order valence-electron chi connectivity index (χ4n) is 3.42. The van der Waals surface area contributed by atoms with Gasteiger partial charge in [0.15, 0.2) is 11.5 Å². The monoisotopic (exact) mass is 369 g/mol. The van der Waals surface area contributed by atoms with Crippen molar-refractivity contribution in [1.82, 2.24) is 4.90 Å². The first-order valence-corrected chi connectivity index (χ1v) is 8.72. The Balaban J connectivity index is 1.91. The van der Waals surface area contributed by atoms with Crippen LogP contribution in [0.3, 0.4) is 0 Å². The van der Waals surface area contributed by atoms with Crippen LogP contribution in [0.15, 0.2) is 36.4 Å². The molecule has 2 aromatic rings. The summed E-state index contributed by atoms with van der Waals surface area (Å²) in [7, 11) is 4.42. The van der Waals surface area contributed by atoms with Gasteiger partial charge in [-0.3, -0.25) is 9.59 Å². The molecule has 1 heterocycles. The van der Waals surface area contributed by atoms with E-state index in [9.17, 15) is 9.59 Å². The molecule has 142 valence electrons. The van der Waals surface area contributed by atoms with Crippen molar-refractivity contribution in [3.8, 4) is 17.2 Å². The minimum absolute atomic E-state index is 0.0570. The summed E-state index contributed by atoms with van der Waals surface area (Å²) >= 11 is 0. The van der Waals surface area contributed by atoms with E-state index in [4.69, 9.17) is 14.2 Å². The van der Waals surface area contributed by atoms with Crippen LogP contribution in [0.2, 0.25) is 0 Å². The predicted octanol–water partition coefficient (Wildman–Crippen LogP) is 2.87. The first-order valence-electron chi connectivity index (χ1n) is 8.72. The molecule has 1 aliphatic rings. The first kappa shape index (κ1) is 18.8. The van der Waals surface area contributed by atoms with Gasteiger partial charge in [-0.05, 0) is 36.6 Å². The molecule has 0 bridgehead atoms. The van der Waals surface area contributed by atoms with E-state index in [1.54, 1.807) is 4.90 Å². The number of nitrogens with zero attached hydrogens (tertiary/aromatic N) is 1. The van der Waals surface area contributed by atoms with Crippen LogP contribution in [0.4, 0.5) is 0 Å². The smallest absolute Gasteiger partial charge is 0.295 e. The van der Waals surface area contributed by atoms with Gasteiger partial charge in [0.05, 0.1) is 21.3 Å². The van der Waals surface area contributed by atoms with E-state index in [2.05, 4.69) is 6.07 Å². The van der Waals surface area contributed by atoms with Crippen LogP contribution in [-0.4, -0.2) is 44.0 Å². The molecule has 6 nitrogen and oxygen atoms in total. The summed E-state index contributed by atoms with van der Waals surface area (Å²) in [6.45, 7) is 2.38. The molecule has 0 spiro atoms. The SMILES string of the molecule is COc1cc(C(=O)C(=O)N2Cc3ccccc3CC2C)cc(OC)c1OC. The zero-order valence-corrected chi connectivity index (χ0v) is 15.9. The normalized spacial score (nSPS) is 15.7. The number of hydrogen-bond donors (Lipinski definition) is 0. The van der Waals surface area contributed by atoms with Crippen molar-refractivity contribution >= 4 is 11.7 Å². The number of rotatable bonds is 5. The van der Waals surface area contributed by atoms with Gasteiger partial charge in [0.1, 0.15) is 0 Å². The Hall–Kier alpha value is -3.02. The fourth-order valence-corrected chi connectivity index (χ4v) is 3.42. The van der Waals surface area contributed by atoms with Crippen molar-refractivity contribution in [2.24, 2.45) is 0 Å². The maximum Gasteiger partial charge on any atom is 0.295 e. The van der Waals surface area contributed by atoms with Crippen LogP contribution >= 0.6 is 0 Å². The Morgan fingerprint density at radius 1 is 0.963 bits per heavy atom. The Bertz CT molecular complexity index is 852. The third-order valence-electron chi connectivity index (χ3n) is 4.89. The molecule has 6 heteroatoms. The molecule has 1 amide bonds. The summed E-state index contributed by atoms with van der Waals surface area (Å²) in [5.74, 6) is -0.0777. The zero-order chi connectivity index (χ0) is 19.6. The molecule has 0 aliphatic carbocycles. The molecule has 0 saturated heterocycles. The third kappa shape index (κ3) is 3.47. The Labute approximate surface area is 158 Å². The lowest BCUT2D eigenvalue weighted by atomic mass is 9.94. The summed E-state index contributed by atoms with van der Waals surface area (Å²) < 4.78 is 15.8. The second kappa shape index (κ2) is 7.70. The van der Waals surface area contributed by atoms with E-state index in [-0.39, 0.29) is 11.6 Å². The minimum atomic E-state index is -0.597. The van der Waals surface area contributed by atoms with Crippen molar-refractivity contribution in [3.63, 3.8) is 0 Å². The average molecular weight is 369 g/mol. The molecule has 1 atom stereocenters. The highest BCUT2D eigenvalue weighted by Crippen LogP contribution is 2.38. The van der Waals surface area contributed by atoms with Crippen LogP contribution in [0.1, 0.15) is 28.4 Å². The molecule has 27 heavy (non-hydrogen) atoms. The van der Waals surface area contributed by atoms with Crippen LogP contribution in [-0.2, 0) is 17.8 Å². The lowest BCUT2D eigenvalue weighted by Crippen LogP contribution is -2.45. The van der Waals surface area contributed by atoms with E-state index >= 15 is 0 Å². The number of ether oxygens (including phenoxy) is 3. The minimum Gasteiger partial charge on any atom is -0.493 e. The predicted molar refractivity (Wildman–Crippen MR) is 101 cm³/mol. The van der Waals surface area contributed by atoms with Gasteiger partial charge < -0.3 is 19.1 Å². The molecule has 0 N–H and O–H groups in total. The summed E-state index contributed by atoms with van der Waals surface area (Å²) in [6.07, 6.45) is 0.727. The number of ketones is 1. The largest absolute Gasteiger partial charge is 0.493 e. The zero-order valence-electron chi connectivity index (χ0n) is 15.9. The van der Waals surface area contributed by atoms with Crippen LogP contribution in [0.25, 0.3) is 0 Å². The molecular weight excluding hydrogens is 346 g/mol. The third-order valence-corrected chi connectivity index (χ3v) is 4.89. The average Bonchev–Trinajstić information content (AvgIpc) is 2.70. The highest BCUT2D eigenvalue weighted by atomic mass is 16.5. The van der Waals surface area contributed by atoms with Crippen molar-refractivity contribution in [3.05, 3.63) is 53.1 Å². The molecule has 1 aliphatic heterocycles. The first-order chi connectivity index (χ1) is 13.0. The van der Waals surface area contributed by atoms with E-state index < -0.39 is 11.7 Å². The van der Waals surface area contributed by atoms with Gasteiger partial charge in [0.25, 0.3) is 11.7 Å². The molecule has 3 rings (SSSR count). The maximum absolute atomic E-state index is 12.9. The van der Waals surface area contributed by atoms with Crippen molar-refractivity contribution in [2.75, 3.05) is 21.3 Å². The molecule has 2 aromatic carbocycles. The number of benzene rings is 2. The topological polar surface area (TPSA) is 65.1 Å². The van der Waals surface area contributed by atoms with Crippen molar-refractivity contribution in [2.45, 2.75) is 25.9 Å². The van der Waals surface area contributed by atoms with Crippen molar-refractivity contribution < 1.29 is 23.8 Å². The van der Waals surface area contributed by atoms with E-state index in [0.29, 0.717) is 23.8 Å². The lowest BCUT2D eigenvalue weighted by Gasteiger charge is -2.34. The van der Waals surface area contributed by atoms with E-state index in [1.165, 1.54) is 39.0 Å². The number of Topliss-reactive ketones (excluding diaryl/α,β-unsaturated/α-hetero) is 1. The van der Waals surface area contributed by atoms with Gasteiger partial charge in [-0.2, -0.15) is 0 Å². The fraction of sp³-hybridized carbons (Fsp3) is 0.333. The van der Waals surface area contributed by atoms with Crippen LogP contribution < -0.4 is 14.2 Å². The van der Waals surface area contributed by atoms with Gasteiger partial charge in [-0.25, -0.2) is 0 Å². The Kier molecular flexibility index (Phi) is 5.35. The van der Waals surface area contributed by atoms with Crippen LogP contribution in [0, 0.1) is 0 Å². The number of hydrogen-bond acceptors (Lipinski definition) is 5. The van der Waals surface area contributed by atoms with Gasteiger partial charge in [-0.15, -0.1) is 0 Å². The lowest BCUT2D eigenvalue weighted by molar-refractivity contribution is -0.129. The standard InChI is InChI=1S/C21H23NO5/c1-13-9-14-7-5-6-8-15(14)12-22(13)21(24)19(23)16-10-17(25-2)20(27-4)18(11-16)26-3/h5-8,10-11,13H,9,12H2,1-4H3. The van der Waals surface area contributed by atoms with Gasteiger partial charge >= 0.3 is 0 Å². The van der Waals surface area contributed by atoms with Gasteiger partial charge in [0, 0.05) is 18.2 Å². The van der Waals surface area contributed by atoms with Crippen LogP contribution in [0.5, 0.6) is 17.2 Å². The molecule has 0 radical (unpaired) electrons. The second-order valence-corrected chi connectivity index (χ2v) is 6.50. The molecule has 0 saturated carbocycles. The summed E-state index contributed by atoms with van der Waals surface area (Å²) in [5, 5.41) is 0. The highest BCUT2D eigenvalue weighted by Gasteiger charge is 2.32. The van der Waals surface area contributed by atoms with Gasteiger partial charge in [-0.1, -0.05) is 24.3 Å². The molecule has 0 fully saturated rings. The Morgan fingerprint density at radius 2 is 1.56 bits per heavy atom. The number of carbonyl (C=O) groups is 2. The van der Waals surface area contributed by atoms with Gasteiger partial charge in [0.2, 0.25) is 5.75 Å². The van der Waals surface area contributed by atoms with E-state index in [0.717, 1.165) is 12.0 Å². The molecule has 1 unspecified atom stereocenters. The number of carbonyl (C=O) groups excluding carboxylic acids is 2. The summed E-state index contributed by atoms with van der Waals surface area (Å²) in [6, 6.07) is 10.9.